The number of carbonyl (C=O) groups is 2. The van der Waals surface area contributed by atoms with Crippen LogP contribution in [0.1, 0.15) is 68.5 Å². The fraction of sp³-hybridized carbons (Fsp3) is 0.423. The average Bonchev–Trinajstić information content (AvgIpc) is 3.66. The van der Waals surface area contributed by atoms with E-state index < -0.39 is 6.03 Å². The van der Waals surface area contributed by atoms with Gasteiger partial charge in [0, 0.05) is 24.8 Å². The summed E-state index contributed by atoms with van der Waals surface area (Å²) >= 11 is 0. The van der Waals surface area contributed by atoms with Gasteiger partial charge >= 0.3 is 12.0 Å². The highest BCUT2D eigenvalue weighted by molar-refractivity contribution is 6.00. The highest BCUT2D eigenvalue weighted by atomic mass is 16.5. The fourth-order valence-electron chi connectivity index (χ4n) is 4.81. The fourth-order valence-corrected chi connectivity index (χ4v) is 4.81. The monoisotopic (exact) mass is 518 g/mol. The predicted molar refractivity (Wildman–Crippen MR) is 139 cm³/mol. The summed E-state index contributed by atoms with van der Waals surface area (Å²) in [6.07, 6.45) is 10.7. The van der Waals surface area contributed by atoms with Crippen molar-refractivity contribution in [1.82, 2.24) is 29.7 Å². The quantitative estimate of drug-likeness (QED) is 0.301. The molecule has 198 valence electrons. The first kappa shape index (κ1) is 25.3. The van der Waals surface area contributed by atoms with Gasteiger partial charge in [0.1, 0.15) is 5.69 Å². The molecule has 0 unspecified atom stereocenters. The molecule has 1 saturated carbocycles. The van der Waals surface area contributed by atoms with E-state index >= 15 is 0 Å². The second-order valence-electron chi connectivity index (χ2n) is 9.28. The number of esters is 1. The number of hydrogen-bond acceptors (Lipinski definition) is 9. The number of ether oxygens (including phenoxy) is 1. The van der Waals surface area contributed by atoms with Crippen LogP contribution in [-0.4, -0.2) is 48.3 Å². The van der Waals surface area contributed by atoms with Crippen molar-refractivity contribution in [3.05, 3.63) is 47.9 Å². The smallest absolute Gasteiger partial charge is 0.323 e. The van der Waals surface area contributed by atoms with Gasteiger partial charge in [-0.2, -0.15) is 10.1 Å². The number of aromatic nitrogens is 6. The molecule has 4 aromatic rings. The molecular weight excluding hydrogens is 488 g/mol. The summed E-state index contributed by atoms with van der Waals surface area (Å²) in [6.45, 7) is 3.99. The van der Waals surface area contributed by atoms with E-state index in [1.807, 2.05) is 17.5 Å². The second kappa shape index (κ2) is 11.4. The van der Waals surface area contributed by atoms with E-state index in [1.165, 1.54) is 0 Å². The highest BCUT2D eigenvalue weighted by Gasteiger charge is 2.25. The number of carbonyl (C=O) groups excluding carboxylic acids is 2. The molecule has 0 aromatic carbocycles. The molecule has 2 N–H and O–H groups in total. The Morgan fingerprint density at radius 2 is 2.03 bits per heavy atom. The van der Waals surface area contributed by atoms with Gasteiger partial charge in [-0.05, 0) is 44.7 Å². The summed E-state index contributed by atoms with van der Waals surface area (Å²) in [6, 6.07) is 3.26. The van der Waals surface area contributed by atoms with Gasteiger partial charge in [-0.1, -0.05) is 18.0 Å². The molecule has 1 aliphatic rings. The van der Waals surface area contributed by atoms with Crippen LogP contribution in [0.3, 0.4) is 0 Å². The van der Waals surface area contributed by atoms with Gasteiger partial charge in [0.15, 0.2) is 5.65 Å². The number of urea groups is 1. The van der Waals surface area contributed by atoms with E-state index in [2.05, 4.69) is 35.8 Å². The molecule has 1 aliphatic carbocycles. The standard InChI is InChI=1S/C26H30N8O4/c1-3-37-22(35)10-6-9-21-32-25(33-38-21)23-16(2)13-18(14-28-23)30-26(36)31-19-15-27-20-11-12-29-34(20)24(19)17-7-4-5-8-17/h11-15,17H,3-10H2,1-2H3,(H2,30,31,36). The maximum atomic E-state index is 12.9. The Balaban J connectivity index is 1.24. The lowest BCUT2D eigenvalue weighted by molar-refractivity contribution is -0.143. The number of pyridine rings is 1. The minimum atomic E-state index is -0.394. The number of aryl methyl sites for hydroxylation is 2. The van der Waals surface area contributed by atoms with Crippen molar-refractivity contribution < 1.29 is 18.8 Å². The highest BCUT2D eigenvalue weighted by Crippen LogP contribution is 2.37. The average molecular weight is 519 g/mol. The number of amides is 2. The van der Waals surface area contributed by atoms with Crippen LogP contribution in [-0.2, 0) is 16.0 Å². The largest absolute Gasteiger partial charge is 0.466 e. The molecule has 0 saturated heterocycles. The van der Waals surface area contributed by atoms with Gasteiger partial charge in [0.05, 0.1) is 42.3 Å². The van der Waals surface area contributed by atoms with Crippen molar-refractivity contribution in [1.29, 1.82) is 0 Å². The lowest BCUT2D eigenvalue weighted by atomic mass is 10.0. The molecule has 0 spiro atoms. The van der Waals surface area contributed by atoms with Gasteiger partial charge < -0.3 is 19.9 Å². The SMILES string of the molecule is CCOC(=O)CCCc1nc(-c2ncc(NC(=O)Nc3cnc4ccnn4c3C3CCCC3)cc2C)no1. The summed E-state index contributed by atoms with van der Waals surface area (Å²) in [5.41, 5.74) is 4.23. The summed E-state index contributed by atoms with van der Waals surface area (Å²) in [7, 11) is 0. The number of nitrogens with zero attached hydrogens (tertiary/aromatic N) is 6. The van der Waals surface area contributed by atoms with Gasteiger partial charge in [-0.3, -0.25) is 9.78 Å². The third kappa shape index (κ3) is 5.63. The van der Waals surface area contributed by atoms with Gasteiger partial charge in [0.25, 0.3) is 0 Å². The van der Waals surface area contributed by atoms with Crippen LogP contribution in [0.25, 0.3) is 17.2 Å². The Kier molecular flexibility index (Phi) is 7.57. The molecule has 2 amide bonds. The van der Waals surface area contributed by atoms with E-state index in [0.717, 1.165) is 42.6 Å². The lowest BCUT2D eigenvalue weighted by Crippen LogP contribution is -2.22. The predicted octanol–water partition coefficient (Wildman–Crippen LogP) is 4.67. The van der Waals surface area contributed by atoms with E-state index in [1.54, 1.807) is 31.6 Å². The van der Waals surface area contributed by atoms with Crippen LogP contribution in [0.15, 0.2) is 35.2 Å². The molecule has 5 rings (SSSR count). The first-order chi connectivity index (χ1) is 18.5. The number of fused-ring (bicyclic) bond motifs is 1. The van der Waals surface area contributed by atoms with Crippen molar-refractivity contribution in [2.24, 2.45) is 0 Å². The maximum absolute atomic E-state index is 12.9. The number of hydrogen-bond donors (Lipinski definition) is 2. The van der Waals surface area contributed by atoms with Crippen molar-refractivity contribution in [3.63, 3.8) is 0 Å². The van der Waals surface area contributed by atoms with Gasteiger partial charge in [-0.15, -0.1) is 0 Å². The molecule has 38 heavy (non-hydrogen) atoms. The molecular formula is C26H30N8O4. The van der Waals surface area contributed by atoms with Gasteiger partial charge in [-0.25, -0.2) is 14.3 Å². The van der Waals surface area contributed by atoms with Crippen LogP contribution in [0.2, 0.25) is 0 Å². The molecule has 1 fully saturated rings. The normalized spacial score (nSPS) is 13.6. The van der Waals surface area contributed by atoms with Crippen molar-refractivity contribution in [2.45, 2.75) is 64.7 Å². The minimum Gasteiger partial charge on any atom is -0.466 e. The molecule has 4 aromatic heterocycles. The van der Waals surface area contributed by atoms with E-state index in [-0.39, 0.29) is 5.97 Å². The van der Waals surface area contributed by atoms with Crippen LogP contribution in [0, 0.1) is 6.92 Å². The number of anilines is 2. The van der Waals surface area contributed by atoms with E-state index in [0.29, 0.717) is 60.6 Å². The molecule has 0 bridgehead atoms. The Morgan fingerprint density at radius 1 is 1.18 bits per heavy atom. The Bertz CT molecular complexity index is 1440. The molecule has 0 atom stereocenters. The summed E-state index contributed by atoms with van der Waals surface area (Å²) < 4.78 is 12.1. The van der Waals surface area contributed by atoms with Gasteiger partial charge in [0.2, 0.25) is 11.7 Å². The van der Waals surface area contributed by atoms with Crippen LogP contribution < -0.4 is 10.6 Å². The summed E-state index contributed by atoms with van der Waals surface area (Å²) in [5.74, 6) is 0.853. The van der Waals surface area contributed by atoms with E-state index in [9.17, 15) is 9.59 Å². The third-order valence-electron chi connectivity index (χ3n) is 6.54. The Labute approximate surface area is 219 Å². The lowest BCUT2D eigenvalue weighted by Gasteiger charge is -2.17. The maximum Gasteiger partial charge on any atom is 0.323 e. The Hall–Kier alpha value is -4.35. The molecule has 12 heteroatoms. The number of rotatable bonds is 9. The van der Waals surface area contributed by atoms with Crippen molar-refractivity contribution in [3.8, 4) is 11.5 Å². The first-order valence-corrected chi connectivity index (χ1v) is 12.9. The second-order valence-corrected chi connectivity index (χ2v) is 9.28. The van der Waals surface area contributed by atoms with Crippen LogP contribution in [0.5, 0.6) is 0 Å². The molecule has 0 radical (unpaired) electrons. The third-order valence-corrected chi connectivity index (χ3v) is 6.54. The summed E-state index contributed by atoms with van der Waals surface area (Å²) in [5, 5.41) is 14.2. The summed E-state index contributed by atoms with van der Waals surface area (Å²) in [4.78, 5) is 37.7. The zero-order valence-corrected chi connectivity index (χ0v) is 21.4. The zero-order valence-electron chi connectivity index (χ0n) is 21.4. The topological polar surface area (TPSA) is 149 Å². The minimum absolute atomic E-state index is 0.246. The molecule has 12 nitrogen and oxygen atoms in total. The van der Waals surface area contributed by atoms with Crippen molar-refractivity contribution in [2.75, 3.05) is 17.2 Å². The molecule has 4 heterocycles. The number of nitrogens with one attached hydrogen (secondary N) is 2. The zero-order chi connectivity index (χ0) is 26.5. The van der Waals surface area contributed by atoms with Crippen LogP contribution >= 0.6 is 0 Å². The Morgan fingerprint density at radius 3 is 2.82 bits per heavy atom. The molecule has 0 aliphatic heterocycles. The van der Waals surface area contributed by atoms with E-state index in [4.69, 9.17) is 9.26 Å². The van der Waals surface area contributed by atoms with Crippen LogP contribution in [0.4, 0.5) is 16.2 Å². The van der Waals surface area contributed by atoms with Crippen molar-refractivity contribution >= 4 is 29.0 Å². The first-order valence-electron chi connectivity index (χ1n) is 12.9.